The molecule has 4 aromatic rings. The van der Waals surface area contributed by atoms with Crippen LogP contribution in [0.3, 0.4) is 0 Å². The maximum Gasteiger partial charge on any atom is 0.155 e. The highest BCUT2D eigenvalue weighted by atomic mass is 35.5. The normalized spacial score (nSPS) is 17.5. The number of nitrogens with zero attached hydrogens (tertiary/aromatic N) is 4. The van der Waals surface area contributed by atoms with Crippen molar-refractivity contribution >= 4 is 39.9 Å². The second-order valence-corrected chi connectivity index (χ2v) is 9.86. The summed E-state index contributed by atoms with van der Waals surface area (Å²) in [5, 5.41) is 11.8. The maximum absolute atomic E-state index is 14.9. The molecule has 0 radical (unpaired) electrons. The number of hydrogen-bond donors (Lipinski definition) is 2. The fourth-order valence-corrected chi connectivity index (χ4v) is 5.43. The second kappa shape index (κ2) is 8.08. The van der Waals surface area contributed by atoms with Crippen LogP contribution in [0.15, 0.2) is 42.9 Å². The Morgan fingerprint density at radius 2 is 1.88 bits per heavy atom. The predicted molar refractivity (Wildman–Crippen MR) is 130 cm³/mol. The van der Waals surface area contributed by atoms with Gasteiger partial charge in [-0.1, -0.05) is 23.2 Å². The Hall–Kier alpha value is -2.94. The lowest BCUT2D eigenvalue weighted by Crippen LogP contribution is -2.71. The van der Waals surface area contributed by atoms with Gasteiger partial charge < -0.3 is 15.0 Å². The summed E-state index contributed by atoms with van der Waals surface area (Å²) in [7, 11) is 0. The molecule has 2 fully saturated rings. The molecule has 174 valence electrons. The molecule has 2 aliphatic heterocycles. The highest BCUT2D eigenvalue weighted by Crippen LogP contribution is 2.38. The van der Waals surface area contributed by atoms with E-state index in [0.717, 1.165) is 37.6 Å². The van der Waals surface area contributed by atoms with Gasteiger partial charge in [-0.15, -0.1) is 0 Å². The van der Waals surface area contributed by atoms with Gasteiger partial charge in [-0.05, 0) is 25.1 Å². The number of fused-ring (bicyclic) bond motifs is 1. The van der Waals surface area contributed by atoms with Gasteiger partial charge in [-0.2, -0.15) is 5.10 Å². The van der Waals surface area contributed by atoms with Gasteiger partial charge >= 0.3 is 0 Å². The summed E-state index contributed by atoms with van der Waals surface area (Å²) < 4.78 is 20.9. The van der Waals surface area contributed by atoms with Crippen LogP contribution in [0.4, 0.5) is 10.2 Å². The van der Waals surface area contributed by atoms with Crippen LogP contribution >= 0.6 is 23.2 Å². The summed E-state index contributed by atoms with van der Waals surface area (Å²) in [5.41, 5.74) is 2.75. The zero-order valence-corrected chi connectivity index (χ0v) is 19.8. The zero-order valence-electron chi connectivity index (χ0n) is 18.3. The van der Waals surface area contributed by atoms with E-state index >= 15 is 0 Å². The van der Waals surface area contributed by atoms with Crippen molar-refractivity contribution in [2.75, 3.05) is 31.1 Å². The number of hydrogen-bond acceptors (Lipinski definition) is 6. The van der Waals surface area contributed by atoms with Crippen molar-refractivity contribution in [3.05, 3.63) is 64.3 Å². The quantitative estimate of drug-likeness (QED) is 0.402. The van der Waals surface area contributed by atoms with Gasteiger partial charge in [0.2, 0.25) is 0 Å². The molecule has 0 unspecified atom stereocenters. The van der Waals surface area contributed by atoms with Gasteiger partial charge in [0, 0.05) is 72.8 Å². The summed E-state index contributed by atoms with van der Waals surface area (Å²) >= 11 is 12.5. The Bertz CT molecular complexity index is 1360. The molecule has 1 atom stereocenters. The van der Waals surface area contributed by atoms with Gasteiger partial charge in [-0.25, -0.2) is 9.37 Å². The number of halogens is 3. The van der Waals surface area contributed by atoms with Crippen LogP contribution in [0.25, 0.3) is 22.2 Å². The molecule has 0 saturated carbocycles. The number of aromatic amines is 1. The number of benzene rings is 1. The van der Waals surface area contributed by atoms with Crippen LogP contribution in [0.1, 0.15) is 18.6 Å². The molecule has 5 heterocycles. The summed E-state index contributed by atoms with van der Waals surface area (Å²) in [4.78, 5) is 10.9. The molecule has 0 amide bonds. The first-order chi connectivity index (χ1) is 16.4. The van der Waals surface area contributed by atoms with E-state index in [4.69, 9.17) is 27.9 Å². The Labute approximate surface area is 205 Å². The highest BCUT2D eigenvalue weighted by Gasteiger charge is 2.47. The number of H-pyrrole nitrogens is 1. The predicted octanol–water partition coefficient (Wildman–Crippen LogP) is 5.02. The molecular formula is C24H21Cl2FN6O. The number of anilines is 1. The SMILES string of the molecule is C[C@@H](Oc1cc(F)c2n[nH]c(-c3ccc(N4CC5(CNC5)C4)nc3)c2c1)c1c(Cl)cncc1Cl. The first kappa shape index (κ1) is 21.6. The number of nitrogens with one attached hydrogen (secondary N) is 2. The van der Waals surface area contributed by atoms with Crippen LogP contribution in [0.2, 0.25) is 10.0 Å². The minimum absolute atomic E-state index is 0.237. The smallest absolute Gasteiger partial charge is 0.155 e. The van der Waals surface area contributed by atoms with Gasteiger partial charge in [0.05, 0.1) is 15.7 Å². The van der Waals surface area contributed by atoms with Gasteiger partial charge in [-0.3, -0.25) is 10.1 Å². The first-order valence-corrected chi connectivity index (χ1v) is 11.7. The number of rotatable bonds is 5. The summed E-state index contributed by atoms with van der Waals surface area (Å²) in [5.74, 6) is 0.799. The minimum atomic E-state index is -0.512. The van der Waals surface area contributed by atoms with Crippen LogP contribution in [0.5, 0.6) is 5.75 Å². The average Bonchev–Trinajstić information content (AvgIpc) is 3.17. The molecule has 2 aliphatic rings. The Balaban J connectivity index is 1.27. The largest absolute Gasteiger partial charge is 0.486 e. The number of aromatic nitrogens is 4. The number of ether oxygens (including phenoxy) is 1. The van der Waals surface area contributed by atoms with Gasteiger partial charge in [0.25, 0.3) is 0 Å². The molecule has 0 aliphatic carbocycles. The minimum Gasteiger partial charge on any atom is -0.486 e. The average molecular weight is 499 g/mol. The van der Waals surface area contributed by atoms with E-state index < -0.39 is 11.9 Å². The summed E-state index contributed by atoms with van der Waals surface area (Å²) in [6.45, 7) is 6.00. The van der Waals surface area contributed by atoms with Crippen molar-refractivity contribution in [1.29, 1.82) is 0 Å². The van der Waals surface area contributed by atoms with Crippen molar-refractivity contribution in [3.63, 3.8) is 0 Å². The third kappa shape index (κ3) is 3.57. The van der Waals surface area contributed by atoms with Gasteiger partial charge in [0.15, 0.2) is 5.82 Å². The Morgan fingerprint density at radius 3 is 2.53 bits per heavy atom. The maximum atomic E-state index is 14.9. The van der Waals surface area contributed by atoms with E-state index in [1.54, 1.807) is 19.2 Å². The van der Waals surface area contributed by atoms with Crippen LogP contribution in [-0.4, -0.2) is 46.3 Å². The van der Waals surface area contributed by atoms with Crippen molar-refractivity contribution in [2.45, 2.75) is 13.0 Å². The standard InChI is InChI=1S/C24H21Cl2FN6O/c1-13(21-17(25)7-28-8-18(21)26)34-15-4-16-22(31-32-23(16)19(27)5-15)14-2-3-20(30-6-14)33-11-24(12-33)9-29-10-24/h2-8,13,29H,9-12H2,1H3,(H,31,32)/t13-/m1/s1. The first-order valence-electron chi connectivity index (χ1n) is 11.0. The molecule has 34 heavy (non-hydrogen) atoms. The molecular weight excluding hydrogens is 478 g/mol. The summed E-state index contributed by atoms with van der Waals surface area (Å²) in [6.07, 6.45) is 4.28. The second-order valence-electron chi connectivity index (χ2n) is 9.04. The molecule has 2 saturated heterocycles. The highest BCUT2D eigenvalue weighted by molar-refractivity contribution is 6.35. The van der Waals surface area contributed by atoms with E-state index in [1.165, 1.54) is 18.5 Å². The van der Waals surface area contributed by atoms with E-state index in [9.17, 15) is 4.39 Å². The topological polar surface area (TPSA) is 79.0 Å². The van der Waals surface area contributed by atoms with Crippen molar-refractivity contribution < 1.29 is 9.13 Å². The lowest BCUT2D eigenvalue weighted by atomic mass is 9.74. The number of pyridine rings is 2. The third-order valence-corrected chi connectivity index (χ3v) is 7.21. The molecule has 1 spiro atoms. The molecule has 1 aromatic carbocycles. The fraction of sp³-hybridized carbons (Fsp3) is 0.292. The van der Waals surface area contributed by atoms with E-state index in [2.05, 4.69) is 30.4 Å². The lowest BCUT2D eigenvalue weighted by Gasteiger charge is -2.56. The molecule has 2 N–H and O–H groups in total. The van der Waals surface area contributed by atoms with Crippen molar-refractivity contribution in [2.24, 2.45) is 5.41 Å². The molecule has 7 nitrogen and oxygen atoms in total. The Morgan fingerprint density at radius 1 is 1.12 bits per heavy atom. The molecule has 10 heteroatoms. The van der Waals surface area contributed by atoms with Crippen LogP contribution < -0.4 is 15.0 Å². The van der Waals surface area contributed by atoms with Gasteiger partial charge in [0.1, 0.15) is 23.2 Å². The van der Waals surface area contributed by atoms with E-state index in [-0.39, 0.29) is 5.52 Å². The molecule has 6 rings (SSSR count). The Kier molecular flexibility index (Phi) is 5.13. The van der Waals surface area contributed by atoms with E-state index in [1.807, 2.05) is 12.1 Å². The zero-order chi connectivity index (χ0) is 23.4. The summed E-state index contributed by atoms with van der Waals surface area (Å²) in [6, 6.07) is 7.04. The van der Waals surface area contributed by atoms with Crippen molar-refractivity contribution in [3.8, 4) is 17.0 Å². The molecule has 3 aromatic heterocycles. The van der Waals surface area contributed by atoms with Crippen molar-refractivity contribution in [1.82, 2.24) is 25.5 Å². The molecule has 0 bridgehead atoms. The van der Waals surface area contributed by atoms with Crippen LogP contribution in [0, 0.1) is 11.2 Å². The van der Waals surface area contributed by atoms with Crippen LogP contribution in [-0.2, 0) is 0 Å². The van der Waals surface area contributed by atoms with E-state index in [0.29, 0.717) is 37.9 Å². The fourth-order valence-electron chi connectivity index (χ4n) is 4.76. The monoisotopic (exact) mass is 498 g/mol. The third-order valence-electron chi connectivity index (χ3n) is 6.61. The lowest BCUT2D eigenvalue weighted by molar-refractivity contribution is 0.120.